The van der Waals surface area contributed by atoms with Crippen LogP contribution < -0.4 is 5.32 Å². The first-order chi connectivity index (χ1) is 10.1. The van der Waals surface area contributed by atoms with Gasteiger partial charge in [-0.1, -0.05) is 20.3 Å². The van der Waals surface area contributed by atoms with Crippen molar-refractivity contribution in [3.8, 4) is 0 Å². The van der Waals surface area contributed by atoms with E-state index in [4.69, 9.17) is 0 Å². The SMILES string of the molecule is CCCCN(C1CC1)S(=O)(=O)N1CCC(CNCC)CC1. The molecule has 0 amide bonds. The third-order valence-corrected chi connectivity index (χ3v) is 6.66. The Labute approximate surface area is 130 Å². The highest BCUT2D eigenvalue weighted by molar-refractivity contribution is 7.86. The van der Waals surface area contributed by atoms with Crippen LogP contribution in [-0.2, 0) is 10.2 Å². The van der Waals surface area contributed by atoms with Crippen LogP contribution in [0.3, 0.4) is 0 Å². The lowest BCUT2D eigenvalue weighted by atomic mass is 9.98. The van der Waals surface area contributed by atoms with E-state index in [1.165, 1.54) is 0 Å². The summed E-state index contributed by atoms with van der Waals surface area (Å²) >= 11 is 0. The van der Waals surface area contributed by atoms with Crippen LogP contribution in [0.2, 0.25) is 0 Å². The molecule has 0 bridgehead atoms. The molecule has 0 aromatic heterocycles. The summed E-state index contributed by atoms with van der Waals surface area (Å²) in [5, 5.41) is 3.37. The smallest absolute Gasteiger partial charge is 0.282 e. The normalized spacial score (nSPS) is 22.0. The first-order valence-electron chi connectivity index (χ1n) is 8.57. The van der Waals surface area contributed by atoms with Gasteiger partial charge in [-0.15, -0.1) is 0 Å². The Bertz CT molecular complexity index is 401. The predicted molar refractivity (Wildman–Crippen MR) is 86.4 cm³/mol. The molecule has 2 fully saturated rings. The number of nitrogens with zero attached hydrogens (tertiary/aromatic N) is 2. The van der Waals surface area contributed by atoms with Crippen molar-refractivity contribution in [2.75, 3.05) is 32.7 Å². The summed E-state index contributed by atoms with van der Waals surface area (Å²) in [6, 6.07) is 0.279. The highest BCUT2D eigenvalue weighted by Crippen LogP contribution is 2.32. The predicted octanol–water partition coefficient (Wildman–Crippen LogP) is 1.82. The summed E-state index contributed by atoms with van der Waals surface area (Å²) < 4.78 is 29.2. The Kier molecular flexibility index (Phi) is 6.47. The Balaban J connectivity index is 1.90. The van der Waals surface area contributed by atoms with Crippen molar-refractivity contribution in [1.29, 1.82) is 0 Å². The molecule has 1 N–H and O–H groups in total. The monoisotopic (exact) mass is 317 g/mol. The minimum absolute atomic E-state index is 0.279. The third-order valence-electron chi connectivity index (χ3n) is 4.57. The lowest BCUT2D eigenvalue weighted by Crippen LogP contribution is -2.49. The molecule has 1 aliphatic carbocycles. The summed E-state index contributed by atoms with van der Waals surface area (Å²) in [6.45, 7) is 8.31. The van der Waals surface area contributed by atoms with E-state index in [0.717, 1.165) is 51.6 Å². The van der Waals surface area contributed by atoms with Gasteiger partial charge >= 0.3 is 0 Å². The maximum Gasteiger partial charge on any atom is 0.282 e. The molecule has 2 rings (SSSR count). The van der Waals surface area contributed by atoms with Gasteiger partial charge in [-0.25, -0.2) is 0 Å². The van der Waals surface area contributed by atoms with Gasteiger partial charge in [-0.05, 0) is 51.1 Å². The lowest BCUT2D eigenvalue weighted by Gasteiger charge is -2.35. The highest BCUT2D eigenvalue weighted by Gasteiger charge is 2.40. The second-order valence-corrected chi connectivity index (χ2v) is 8.23. The van der Waals surface area contributed by atoms with Crippen molar-refractivity contribution in [1.82, 2.24) is 13.9 Å². The first kappa shape index (κ1) is 17.2. The second kappa shape index (κ2) is 7.90. The Morgan fingerprint density at radius 1 is 1.14 bits per heavy atom. The summed E-state index contributed by atoms with van der Waals surface area (Å²) in [4.78, 5) is 0. The Morgan fingerprint density at radius 2 is 1.81 bits per heavy atom. The van der Waals surface area contributed by atoms with E-state index in [-0.39, 0.29) is 6.04 Å². The van der Waals surface area contributed by atoms with Gasteiger partial charge in [0.15, 0.2) is 0 Å². The number of hydrogen-bond donors (Lipinski definition) is 1. The lowest BCUT2D eigenvalue weighted by molar-refractivity contribution is 0.247. The summed E-state index contributed by atoms with van der Waals surface area (Å²) in [5.74, 6) is 0.626. The minimum Gasteiger partial charge on any atom is -0.317 e. The number of hydrogen-bond acceptors (Lipinski definition) is 3. The zero-order valence-electron chi connectivity index (χ0n) is 13.6. The zero-order chi connectivity index (χ0) is 15.3. The molecule has 0 unspecified atom stereocenters. The van der Waals surface area contributed by atoms with Crippen LogP contribution in [0.4, 0.5) is 0 Å². The largest absolute Gasteiger partial charge is 0.317 e. The van der Waals surface area contributed by atoms with Gasteiger partial charge in [0, 0.05) is 25.7 Å². The average Bonchev–Trinajstić information content (AvgIpc) is 3.30. The van der Waals surface area contributed by atoms with Crippen molar-refractivity contribution < 1.29 is 8.42 Å². The van der Waals surface area contributed by atoms with E-state index >= 15 is 0 Å². The molecule has 5 nitrogen and oxygen atoms in total. The van der Waals surface area contributed by atoms with Crippen LogP contribution in [-0.4, -0.2) is 55.8 Å². The van der Waals surface area contributed by atoms with Crippen molar-refractivity contribution >= 4 is 10.2 Å². The van der Waals surface area contributed by atoms with Gasteiger partial charge in [0.1, 0.15) is 0 Å². The van der Waals surface area contributed by atoms with Gasteiger partial charge in [0.25, 0.3) is 10.2 Å². The van der Waals surface area contributed by atoms with Gasteiger partial charge in [-0.2, -0.15) is 17.0 Å². The van der Waals surface area contributed by atoms with Crippen LogP contribution in [0.1, 0.15) is 52.4 Å². The molecule has 1 heterocycles. The average molecular weight is 317 g/mol. The van der Waals surface area contributed by atoms with Crippen molar-refractivity contribution in [3.05, 3.63) is 0 Å². The van der Waals surface area contributed by atoms with Crippen molar-refractivity contribution in [2.24, 2.45) is 5.92 Å². The fraction of sp³-hybridized carbons (Fsp3) is 1.00. The van der Waals surface area contributed by atoms with E-state index in [1.807, 2.05) is 0 Å². The second-order valence-electron chi connectivity index (χ2n) is 6.35. The van der Waals surface area contributed by atoms with Gasteiger partial charge < -0.3 is 5.32 Å². The Morgan fingerprint density at radius 3 is 2.33 bits per heavy atom. The minimum atomic E-state index is -3.23. The maximum atomic E-state index is 12.8. The summed E-state index contributed by atoms with van der Waals surface area (Å²) in [7, 11) is -3.23. The standard InChI is InChI=1S/C15H31N3O2S/c1-3-5-10-18(15-6-7-15)21(19,20)17-11-8-14(9-12-17)13-16-4-2/h14-16H,3-13H2,1-2H3. The van der Waals surface area contributed by atoms with Gasteiger partial charge in [0.2, 0.25) is 0 Å². The fourth-order valence-corrected chi connectivity index (χ4v) is 4.92. The molecule has 1 aliphatic heterocycles. The molecule has 2 aliphatic rings. The van der Waals surface area contributed by atoms with Crippen LogP contribution in [0.5, 0.6) is 0 Å². The molecule has 0 aromatic rings. The number of unbranched alkanes of at least 4 members (excludes halogenated alkanes) is 1. The molecule has 124 valence electrons. The van der Waals surface area contributed by atoms with Crippen LogP contribution in [0, 0.1) is 5.92 Å². The molecular formula is C15H31N3O2S. The van der Waals surface area contributed by atoms with E-state index in [2.05, 4.69) is 19.2 Å². The molecule has 1 saturated carbocycles. The molecule has 0 spiro atoms. The van der Waals surface area contributed by atoms with E-state index in [0.29, 0.717) is 25.6 Å². The maximum absolute atomic E-state index is 12.8. The molecule has 0 atom stereocenters. The van der Waals surface area contributed by atoms with E-state index in [9.17, 15) is 8.42 Å². The number of nitrogens with one attached hydrogen (secondary N) is 1. The number of piperidine rings is 1. The summed E-state index contributed by atoms with van der Waals surface area (Å²) in [5.41, 5.74) is 0. The topological polar surface area (TPSA) is 52.7 Å². The van der Waals surface area contributed by atoms with Crippen molar-refractivity contribution in [3.63, 3.8) is 0 Å². The molecule has 21 heavy (non-hydrogen) atoms. The van der Waals surface area contributed by atoms with E-state index < -0.39 is 10.2 Å². The fourth-order valence-electron chi connectivity index (χ4n) is 3.00. The first-order valence-corrected chi connectivity index (χ1v) is 9.96. The molecular weight excluding hydrogens is 286 g/mol. The summed E-state index contributed by atoms with van der Waals surface area (Å²) in [6.07, 6.45) is 6.06. The highest BCUT2D eigenvalue weighted by atomic mass is 32.2. The quantitative estimate of drug-likeness (QED) is 0.706. The van der Waals surface area contributed by atoms with Gasteiger partial charge in [-0.3, -0.25) is 0 Å². The molecule has 1 saturated heterocycles. The van der Waals surface area contributed by atoms with Crippen LogP contribution in [0.25, 0.3) is 0 Å². The van der Waals surface area contributed by atoms with Gasteiger partial charge in [0.05, 0.1) is 0 Å². The Hall–Kier alpha value is -0.170. The molecule has 0 radical (unpaired) electrons. The molecule has 0 aromatic carbocycles. The third kappa shape index (κ3) is 4.65. The molecule has 6 heteroatoms. The van der Waals surface area contributed by atoms with Crippen LogP contribution in [0.15, 0.2) is 0 Å². The van der Waals surface area contributed by atoms with E-state index in [1.54, 1.807) is 8.61 Å². The van der Waals surface area contributed by atoms with Crippen LogP contribution >= 0.6 is 0 Å². The zero-order valence-corrected chi connectivity index (χ0v) is 14.4. The van der Waals surface area contributed by atoms with Crippen molar-refractivity contribution in [2.45, 2.75) is 58.4 Å². The number of rotatable bonds is 9.